The van der Waals surface area contributed by atoms with E-state index < -0.39 is 22.7 Å². The van der Waals surface area contributed by atoms with Crippen molar-refractivity contribution in [2.75, 3.05) is 5.32 Å². The Morgan fingerprint density at radius 3 is 2.40 bits per heavy atom. The molecule has 0 radical (unpaired) electrons. The van der Waals surface area contributed by atoms with Gasteiger partial charge in [-0.25, -0.2) is 0 Å². The lowest BCUT2D eigenvalue weighted by Gasteiger charge is -2.29. The van der Waals surface area contributed by atoms with Crippen molar-refractivity contribution in [1.29, 1.82) is 0 Å². The highest BCUT2D eigenvalue weighted by molar-refractivity contribution is 5.95. The molecule has 7 nitrogen and oxygen atoms in total. The van der Waals surface area contributed by atoms with Gasteiger partial charge in [0.2, 0.25) is 5.91 Å². The third-order valence-electron chi connectivity index (χ3n) is 5.59. The minimum atomic E-state index is -0.545. The monoisotopic (exact) mass is 410 g/mol. The first-order chi connectivity index (χ1) is 14.5. The van der Waals surface area contributed by atoms with Crippen LogP contribution in [0.1, 0.15) is 43.7 Å². The summed E-state index contributed by atoms with van der Waals surface area (Å²) in [7, 11) is 0. The molecule has 0 unspecified atom stereocenters. The van der Waals surface area contributed by atoms with Crippen molar-refractivity contribution in [2.45, 2.75) is 45.6 Å². The van der Waals surface area contributed by atoms with Crippen molar-refractivity contribution in [3.8, 4) is 0 Å². The van der Waals surface area contributed by atoms with E-state index >= 15 is 0 Å². The minimum Gasteiger partial charge on any atom is -0.460 e. The number of carbonyl (C=O) groups excluding carboxylic acids is 2. The van der Waals surface area contributed by atoms with Crippen LogP contribution in [-0.4, -0.2) is 16.8 Å². The molecule has 0 bridgehead atoms. The number of nitrogens with one attached hydrogen (secondary N) is 1. The van der Waals surface area contributed by atoms with E-state index in [1.54, 1.807) is 18.2 Å². The fourth-order valence-electron chi connectivity index (χ4n) is 3.85. The molecule has 0 aliphatic heterocycles. The summed E-state index contributed by atoms with van der Waals surface area (Å²) in [5, 5.41) is 14.0. The Hall–Kier alpha value is -3.22. The van der Waals surface area contributed by atoms with Crippen LogP contribution in [-0.2, 0) is 27.4 Å². The number of nitro groups is 1. The number of aryl methyl sites for hydroxylation is 1. The summed E-state index contributed by atoms with van der Waals surface area (Å²) in [5.74, 6) is -1.68. The molecule has 1 amide bonds. The summed E-state index contributed by atoms with van der Waals surface area (Å²) in [6.45, 7) is 1.88. The second-order valence-corrected chi connectivity index (χ2v) is 7.53. The van der Waals surface area contributed by atoms with Gasteiger partial charge in [0, 0.05) is 11.8 Å². The maximum Gasteiger partial charge on any atom is 0.310 e. The summed E-state index contributed by atoms with van der Waals surface area (Å²) < 4.78 is 5.40. The lowest BCUT2D eigenvalue weighted by molar-refractivity contribution is -0.385. The summed E-state index contributed by atoms with van der Waals surface area (Å²) in [6, 6.07) is 13.8. The number of hydrogen-bond acceptors (Lipinski definition) is 5. The van der Waals surface area contributed by atoms with Crippen molar-refractivity contribution in [3.63, 3.8) is 0 Å². The van der Waals surface area contributed by atoms with E-state index in [0.717, 1.165) is 19.3 Å². The summed E-state index contributed by atoms with van der Waals surface area (Å²) in [4.78, 5) is 36.2. The van der Waals surface area contributed by atoms with Crippen molar-refractivity contribution in [1.82, 2.24) is 0 Å². The quantitative estimate of drug-likeness (QED) is 0.407. The van der Waals surface area contributed by atoms with Gasteiger partial charge in [-0.05, 0) is 43.0 Å². The Kier molecular flexibility index (Phi) is 7.17. The molecular formula is C23H26N2O5. The van der Waals surface area contributed by atoms with Crippen molar-refractivity contribution >= 4 is 23.3 Å². The Balaban J connectivity index is 1.65. The van der Waals surface area contributed by atoms with Crippen molar-refractivity contribution < 1.29 is 19.2 Å². The van der Waals surface area contributed by atoms with Gasteiger partial charge in [-0.1, -0.05) is 44.0 Å². The van der Waals surface area contributed by atoms with Gasteiger partial charge < -0.3 is 10.1 Å². The standard InChI is InChI=1S/C23H26N2O5/c1-2-16-11-13-18(14-12-16)24-22(26)19-8-4-5-9-20(19)23(27)30-15-17-7-3-6-10-21(17)25(28)29/h3,6-7,10-14,19-20H,2,4-5,8-9,15H2,1H3,(H,24,26)/t19-,20-/m0/s1. The van der Waals surface area contributed by atoms with Gasteiger partial charge in [-0.15, -0.1) is 0 Å². The number of ether oxygens (including phenoxy) is 1. The van der Waals surface area contributed by atoms with Gasteiger partial charge in [0.1, 0.15) is 6.61 Å². The van der Waals surface area contributed by atoms with E-state index in [4.69, 9.17) is 4.74 Å². The normalized spacial score (nSPS) is 18.4. The zero-order valence-corrected chi connectivity index (χ0v) is 17.0. The number of esters is 1. The van der Waals surface area contributed by atoms with Crippen LogP contribution < -0.4 is 5.32 Å². The average Bonchev–Trinajstić information content (AvgIpc) is 2.78. The van der Waals surface area contributed by atoms with Crippen LogP contribution in [0.5, 0.6) is 0 Å². The minimum absolute atomic E-state index is 0.0845. The van der Waals surface area contributed by atoms with Gasteiger partial charge in [-0.2, -0.15) is 0 Å². The molecule has 1 fully saturated rings. The maximum atomic E-state index is 12.8. The Labute approximate surface area is 175 Å². The van der Waals surface area contributed by atoms with E-state index in [1.165, 1.54) is 11.6 Å². The number of hydrogen-bond donors (Lipinski definition) is 1. The van der Waals surface area contributed by atoms with Crippen LogP contribution in [0.4, 0.5) is 11.4 Å². The first kappa shape index (κ1) is 21.5. The highest BCUT2D eigenvalue weighted by Crippen LogP contribution is 2.32. The molecule has 1 aliphatic carbocycles. The van der Waals surface area contributed by atoms with Crippen molar-refractivity contribution in [2.24, 2.45) is 11.8 Å². The summed E-state index contributed by atoms with van der Waals surface area (Å²) in [5.41, 5.74) is 2.14. The first-order valence-electron chi connectivity index (χ1n) is 10.3. The lowest BCUT2D eigenvalue weighted by Crippen LogP contribution is -2.37. The van der Waals surface area contributed by atoms with Gasteiger partial charge in [0.15, 0.2) is 0 Å². The molecule has 7 heteroatoms. The molecule has 3 rings (SSSR count). The lowest BCUT2D eigenvalue weighted by atomic mass is 9.78. The van der Waals surface area contributed by atoms with E-state index in [-0.39, 0.29) is 18.2 Å². The Morgan fingerprint density at radius 1 is 1.07 bits per heavy atom. The van der Waals surface area contributed by atoms with Crippen LogP contribution in [0.2, 0.25) is 0 Å². The molecule has 2 aromatic carbocycles. The SMILES string of the molecule is CCc1ccc(NC(=O)[C@H]2CCCC[C@@H]2C(=O)OCc2ccccc2[N+](=O)[O-])cc1. The van der Waals surface area contributed by atoms with Crippen LogP contribution in [0.3, 0.4) is 0 Å². The fourth-order valence-corrected chi connectivity index (χ4v) is 3.85. The largest absolute Gasteiger partial charge is 0.460 e. The number of amides is 1. The average molecular weight is 410 g/mol. The number of nitrogens with zero attached hydrogens (tertiary/aromatic N) is 1. The fraction of sp³-hybridized carbons (Fsp3) is 0.391. The Morgan fingerprint density at radius 2 is 1.73 bits per heavy atom. The molecule has 2 aromatic rings. The molecule has 0 spiro atoms. The van der Waals surface area contributed by atoms with Gasteiger partial charge in [0.05, 0.1) is 22.3 Å². The number of nitro benzene ring substituents is 1. The maximum absolute atomic E-state index is 12.8. The van der Waals surface area contributed by atoms with Crippen LogP contribution in [0, 0.1) is 22.0 Å². The molecule has 1 saturated carbocycles. The molecule has 158 valence electrons. The molecular weight excluding hydrogens is 384 g/mol. The molecule has 1 aliphatic rings. The third-order valence-corrected chi connectivity index (χ3v) is 5.59. The predicted octanol–water partition coefficient (Wildman–Crippen LogP) is 4.65. The second kappa shape index (κ2) is 10.0. The molecule has 30 heavy (non-hydrogen) atoms. The van der Waals surface area contributed by atoms with Gasteiger partial charge >= 0.3 is 5.97 Å². The molecule has 0 aromatic heterocycles. The van der Waals surface area contributed by atoms with E-state index in [2.05, 4.69) is 12.2 Å². The van der Waals surface area contributed by atoms with Gasteiger partial charge in [-0.3, -0.25) is 19.7 Å². The topological polar surface area (TPSA) is 98.5 Å². The number of benzene rings is 2. The second-order valence-electron chi connectivity index (χ2n) is 7.53. The number of carbonyl (C=O) groups is 2. The number of para-hydroxylation sites is 1. The molecule has 1 N–H and O–H groups in total. The summed E-state index contributed by atoms with van der Waals surface area (Å²) in [6.07, 6.45) is 3.83. The summed E-state index contributed by atoms with van der Waals surface area (Å²) >= 11 is 0. The number of rotatable bonds is 7. The van der Waals surface area contributed by atoms with Crippen molar-refractivity contribution in [3.05, 3.63) is 69.8 Å². The highest BCUT2D eigenvalue weighted by atomic mass is 16.6. The molecule has 0 saturated heterocycles. The zero-order valence-electron chi connectivity index (χ0n) is 17.0. The number of anilines is 1. The van der Waals surface area contributed by atoms with E-state index in [1.807, 2.05) is 24.3 Å². The first-order valence-corrected chi connectivity index (χ1v) is 10.3. The van der Waals surface area contributed by atoms with Crippen LogP contribution >= 0.6 is 0 Å². The molecule has 2 atom stereocenters. The van der Waals surface area contributed by atoms with Crippen LogP contribution in [0.25, 0.3) is 0 Å². The molecule has 0 heterocycles. The van der Waals surface area contributed by atoms with Crippen LogP contribution in [0.15, 0.2) is 48.5 Å². The predicted molar refractivity (Wildman–Crippen MR) is 113 cm³/mol. The van der Waals surface area contributed by atoms with Gasteiger partial charge in [0.25, 0.3) is 5.69 Å². The third kappa shape index (κ3) is 5.23. The van der Waals surface area contributed by atoms with E-state index in [9.17, 15) is 19.7 Å². The smallest absolute Gasteiger partial charge is 0.310 e. The Bertz CT molecular complexity index is 910. The highest BCUT2D eigenvalue weighted by Gasteiger charge is 2.37. The van der Waals surface area contributed by atoms with E-state index in [0.29, 0.717) is 24.1 Å². The zero-order chi connectivity index (χ0) is 21.5.